The Morgan fingerprint density at radius 3 is 2.36 bits per heavy atom. The summed E-state index contributed by atoms with van der Waals surface area (Å²) in [5, 5.41) is 10.8. The molecule has 0 radical (unpaired) electrons. The lowest BCUT2D eigenvalue weighted by atomic mass is 9.99. The summed E-state index contributed by atoms with van der Waals surface area (Å²) in [5.74, 6) is 0. The van der Waals surface area contributed by atoms with E-state index in [0.29, 0.717) is 6.42 Å². The first kappa shape index (κ1) is 11.4. The minimum atomic E-state index is -1.02. The highest BCUT2D eigenvalue weighted by atomic mass is 16.7. The largest absolute Gasteiger partial charge is 0.345 e. The van der Waals surface area contributed by atoms with Crippen molar-refractivity contribution in [2.45, 2.75) is 44.9 Å². The SMILES string of the molecule is CCCC1OCC(CC)([N+](=O)[O-])CO1. The molecule has 0 saturated carbocycles. The van der Waals surface area contributed by atoms with Gasteiger partial charge in [-0.2, -0.15) is 0 Å². The van der Waals surface area contributed by atoms with Gasteiger partial charge in [0.05, 0.1) is 0 Å². The number of rotatable bonds is 4. The maximum absolute atomic E-state index is 10.8. The summed E-state index contributed by atoms with van der Waals surface area (Å²) in [6.07, 6.45) is 1.96. The normalized spacial score (nSPS) is 32.9. The van der Waals surface area contributed by atoms with E-state index in [1.165, 1.54) is 0 Å². The van der Waals surface area contributed by atoms with E-state index in [4.69, 9.17) is 9.47 Å². The molecule has 1 aliphatic heterocycles. The second-order valence-corrected chi connectivity index (χ2v) is 3.68. The van der Waals surface area contributed by atoms with E-state index in [-0.39, 0.29) is 24.4 Å². The Morgan fingerprint density at radius 1 is 1.43 bits per heavy atom. The zero-order valence-corrected chi connectivity index (χ0v) is 8.69. The zero-order valence-electron chi connectivity index (χ0n) is 8.69. The van der Waals surface area contributed by atoms with Crippen LogP contribution in [0.2, 0.25) is 0 Å². The van der Waals surface area contributed by atoms with Gasteiger partial charge in [0.2, 0.25) is 0 Å². The molecule has 0 aromatic rings. The Morgan fingerprint density at radius 2 is 2.00 bits per heavy atom. The highest BCUT2D eigenvalue weighted by Crippen LogP contribution is 2.24. The van der Waals surface area contributed by atoms with Crippen LogP contribution in [0.1, 0.15) is 33.1 Å². The number of hydrogen-bond acceptors (Lipinski definition) is 4. The van der Waals surface area contributed by atoms with Crippen molar-refractivity contribution in [3.8, 4) is 0 Å². The first-order valence-electron chi connectivity index (χ1n) is 5.02. The molecule has 0 aromatic heterocycles. The second kappa shape index (κ2) is 4.70. The van der Waals surface area contributed by atoms with Gasteiger partial charge in [-0.25, -0.2) is 0 Å². The van der Waals surface area contributed by atoms with Crippen molar-refractivity contribution >= 4 is 0 Å². The molecular weight excluding hydrogens is 186 g/mol. The zero-order chi connectivity index (χ0) is 10.6. The Labute approximate surface area is 83.5 Å². The molecule has 1 saturated heterocycles. The molecule has 5 heteroatoms. The average molecular weight is 203 g/mol. The van der Waals surface area contributed by atoms with E-state index in [0.717, 1.165) is 12.8 Å². The third-order valence-electron chi connectivity index (χ3n) is 2.65. The van der Waals surface area contributed by atoms with Gasteiger partial charge in [0.25, 0.3) is 5.54 Å². The molecule has 0 atom stereocenters. The van der Waals surface area contributed by atoms with Crippen LogP contribution in [0.3, 0.4) is 0 Å². The lowest BCUT2D eigenvalue weighted by Gasteiger charge is -2.32. The third kappa shape index (κ3) is 2.22. The van der Waals surface area contributed by atoms with Gasteiger partial charge < -0.3 is 9.47 Å². The van der Waals surface area contributed by atoms with E-state index >= 15 is 0 Å². The predicted molar refractivity (Wildman–Crippen MR) is 50.6 cm³/mol. The molecule has 0 unspecified atom stereocenters. The first-order chi connectivity index (χ1) is 6.64. The molecule has 0 aliphatic carbocycles. The minimum absolute atomic E-state index is 0.168. The van der Waals surface area contributed by atoms with E-state index in [2.05, 4.69) is 0 Å². The number of nitro groups is 1. The Hall–Kier alpha value is -0.680. The number of nitrogens with zero attached hydrogens (tertiary/aromatic N) is 1. The lowest BCUT2D eigenvalue weighted by molar-refractivity contribution is -0.592. The summed E-state index contributed by atoms with van der Waals surface area (Å²) in [7, 11) is 0. The van der Waals surface area contributed by atoms with Crippen molar-refractivity contribution in [1.82, 2.24) is 0 Å². The Bertz CT molecular complexity index is 199. The molecule has 1 rings (SSSR count). The van der Waals surface area contributed by atoms with Gasteiger partial charge in [-0.3, -0.25) is 10.1 Å². The highest BCUT2D eigenvalue weighted by molar-refractivity contribution is 4.80. The van der Waals surface area contributed by atoms with Gasteiger partial charge in [0.1, 0.15) is 13.2 Å². The van der Waals surface area contributed by atoms with Crippen molar-refractivity contribution in [2.24, 2.45) is 0 Å². The number of hydrogen-bond donors (Lipinski definition) is 0. The van der Waals surface area contributed by atoms with Crippen molar-refractivity contribution in [3.05, 3.63) is 10.1 Å². The number of ether oxygens (including phenoxy) is 2. The van der Waals surface area contributed by atoms with Crippen LogP contribution in [0.5, 0.6) is 0 Å². The Balaban J connectivity index is 2.50. The predicted octanol–water partition coefficient (Wildman–Crippen LogP) is 1.58. The molecule has 0 N–H and O–H groups in total. The molecular formula is C9H17NO4. The molecule has 0 aromatic carbocycles. The smallest absolute Gasteiger partial charge is 0.267 e. The molecule has 1 aliphatic rings. The summed E-state index contributed by atoms with van der Waals surface area (Å²) >= 11 is 0. The van der Waals surface area contributed by atoms with Crippen LogP contribution in [0.25, 0.3) is 0 Å². The van der Waals surface area contributed by atoms with Gasteiger partial charge >= 0.3 is 0 Å². The van der Waals surface area contributed by atoms with Gasteiger partial charge in [-0.05, 0) is 6.42 Å². The highest BCUT2D eigenvalue weighted by Gasteiger charge is 2.46. The van der Waals surface area contributed by atoms with Crippen LogP contribution < -0.4 is 0 Å². The van der Waals surface area contributed by atoms with Crippen LogP contribution in [-0.2, 0) is 9.47 Å². The summed E-state index contributed by atoms with van der Waals surface area (Å²) in [6, 6.07) is 0. The fourth-order valence-electron chi connectivity index (χ4n) is 1.43. The van der Waals surface area contributed by atoms with Crippen molar-refractivity contribution in [1.29, 1.82) is 0 Å². The maximum Gasteiger partial charge on any atom is 0.267 e. The standard InChI is InChI=1S/C9H17NO4/c1-3-5-8-13-6-9(4-2,7-14-8)10(11)12/h8H,3-7H2,1-2H3. The molecule has 5 nitrogen and oxygen atoms in total. The summed E-state index contributed by atoms with van der Waals surface area (Å²) in [6.45, 7) is 4.15. The summed E-state index contributed by atoms with van der Waals surface area (Å²) in [5.41, 5.74) is -1.02. The fraction of sp³-hybridized carbons (Fsp3) is 1.00. The van der Waals surface area contributed by atoms with Crippen LogP contribution in [0.15, 0.2) is 0 Å². The average Bonchev–Trinajstić information content (AvgIpc) is 2.19. The topological polar surface area (TPSA) is 61.6 Å². The Kier molecular flexibility index (Phi) is 3.83. The van der Waals surface area contributed by atoms with Crippen LogP contribution >= 0.6 is 0 Å². The lowest BCUT2D eigenvalue weighted by Crippen LogP contribution is -2.52. The molecule has 14 heavy (non-hydrogen) atoms. The molecule has 1 heterocycles. The van der Waals surface area contributed by atoms with Crippen molar-refractivity contribution in [3.63, 3.8) is 0 Å². The monoisotopic (exact) mass is 203 g/mol. The van der Waals surface area contributed by atoms with Gasteiger partial charge in [-0.1, -0.05) is 20.3 Å². The molecule has 82 valence electrons. The summed E-state index contributed by atoms with van der Waals surface area (Å²) in [4.78, 5) is 10.5. The molecule has 0 amide bonds. The first-order valence-corrected chi connectivity index (χ1v) is 5.02. The molecule has 0 bridgehead atoms. The van der Waals surface area contributed by atoms with Gasteiger partial charge in [0.15, 0.2) is 6.29 Å². The van der Waals surface area contributed by atoms with Crippen molar-refractivity contribution < 1.29 is 14.4 Å². The van der Waals surface area contributed by atoms with Gasteiger partial charge in [0, 0.05) is 11.3 Å². The van der Waals surface area contributed by atoms with Crippen LogP contribution in [0, 0.1) is 10.1 Å². The molecule has 0 spiro atoms. The van der Waals surface area contributed by atoms with Crippen molar-refractivity contribution in [2.75, 3.05) is 13.2 Å². The van der Waals surface area contributed by atoms with Gasteiger partial charge in [-0.15, -0.1) is 0 Å². The fourth-order valence-corrected chi connectivity index (χ4v) is 1.43. The van der Waals surface area contributed by atoms with E-state index in [1.54, 1.807) is 6.92 Å². The van der Waals surface area contributed by atoms with Crippen LogP contribution in [0.4, 0.5) is 0 Å². The maximum atomic E-state index is 10.8. The van der Waals surface area contributed by atoms with E-state index < -0.39 is 5.54 Å². The minimum Gasteiger partial charge on any atom is -0.345 e. The van der Waals surface area contributed by atoms with Crippen LogP contribution in [-0.4, -0.2) is 30.0 Å². The van der Waals surface area contributed by atoms with E-state index in [1.807, 2.05) is 6.92 Å². The summed E-state index contributed by atoms with van der Waals surface area (Å²) < 4.78 is 10.6. The third-order valence-corrected chi connectivity index (χ3v) is 2.65. The second-order valence-electron chi connectivity index (χ2n) is 3.68. The molecule has 1 fully saturated rings. The van der Waals surface area contributed by atoms with E-state index in [9.17, 15) is 10.1 Å². The quantitative estimate of drug-likeness (QED) is 0.514.